The molecular formula is C21H20ClF2N3O5. The van der Waals surface area contributed by atoms with Crippen LogP contribution >= 0.6 is 11.6 Å². The summed E-state index contributed by atoms with van der Waals surface area (Å²) >= 11 is 5.57. The fraction of sp³-hybridized carbons (Fsp3) is 0.381. The molecule has 2 aromatic rings. The first-order chi connectivity index (χ1) is 15.3. The van der Waals surface area contributed by atoms with Crippen molar-refractivity contribution in [2.24, 2.45) is 0 Å². The first kappa shape index (κ1) is 22.2. The van der Waals surface area contributed by atoms with Gasteiger partial charge in [-0.3, -0.25) is 14.4 Å². The van der Waals surface area contributed by atoms with Crippen molar-refractivity contribution in [1.82, 2.24) is 14.8 Å². The van der Waals surface area contributed by atoms with E-state index in [4.69, 9.17) is 21.1 Å². The van der Waals surface area contributed by atoms with E-state index in [1.54, 1.807) is 11.6 Å². The van der Waals surface area contributed by atoms with Crippen molar-refractivity contribution in [3.63, 3.8) is 0 Å². The van der Waals surface area contributed by atoms with Crippen LogP contribution in [0.2, 0.25) is 5.02 Å². The van der Waals surface area contributed by atoms with Crippen molar-refractivity contribution in [1.29, 1.82) is 0 Å². The highest BCUT2D eigenvalue weighted by Gasteiger charge is 2.42. The predicted octanol–water partition coefficient (Wildman–Crippen LogP) is 2.13. The summed E-state index contributed by atoms with van der Waals surface area (Å²) in [5, 5.41) is 1.76. The maximum absolute atomic E-state index is 14.1. The molecule has 2 aliphatic heterocycles. The smallest absolute Gasteiger partial charge is 0.274 e. The van der Waals surface area contributed by atoms with E-state index in [0.717, 1.165) is 12.1 Å². The number of ether oxygens (including phenoxy) is 2. The third-order valence-electron chi connectivity index (χ3n) is 5.86. The van der Waals surface area contributed by atoms with E-state index < -0.39 is 33.9 Å². The van der Waals surface area contributed by atoms with Gasteiger partial charge in [-0.2, -0.15) is 0 Å². The lowest BCUT2D eigenvalue weighted by Crippen LogP contribution is -2.54. The fourth-order valence-electron chi connectivity index (χ4n) is 4.13. The molecule has 32 heavy (non-hydrogen) atoms. The van der Waals surface area contributed by atoms with Crippen molar-refractivity contribution in [3.05, 3.63) is 62.0 Å². The van der Waals surface area contributed by atoms with Crippen molar-refractivity contribution >= 4 is 23.4 Å². The van der Waals surface area contributed by atoms with Crippen LogP contribution in [0.4, 0.5) is 8.78 Å². The maximum atomic E-state index is 14.1. The van der Waals surface area contributed by atoms with Gasteiger partial charge in [0.25, 0.3) is 11.8 Å². The number of rotatable bonds is 4. The topological polar surface area (TPSA) is 89.9 Å². The van der Waals surface area contributed by atoms with Gasteiger partial charge in [-0.25, -0.2) is 8.78 Å². The molecule has 1 aromatic heterocycles. The van der Waals surface area contributed by atoms with E-state index in [-0.39, 0.29) is 41.2 Å². The molecule has 170 valence electrons. The van der Waals surface area contributed by atoms with Gasteiger partial charge in [-0.05, 0) is 12.5 Å². The number of carbonyl (C=O) groups is 2. The molecule has 1 aromatic carbocycles. The van der Waals surface area contributed by atoms with Gasteiger partial charge < -0.3 is 24.3 Å². The Labute approximate surface area is 186 Å². The van der Waals surface area contributed by atoms with E-state index in [1.807, 2.05) is 0 Å². The van der Waals surface area contributed by atoms with E-state index in [2.05, 4.69) is 5.32 Å². The molecule has 0 aliphatic carbocycles. The second-order valence-electron chi connectivity index (χ2n) is 7.59. The quantitative estimate of drug-likeness (QED) is 0.696. The Morgan fingerprint density at radius 1 is 1.31 bits per heavy atom. The second kappa shape index (κ2) is 8.51. The summed E-state index contributed by atoms with van der Waals surface area (Å²) in [5.41, 5.74) is -1.00. The number of fused-ring (bicyclic) bond motifs is 3. The minimum atomic E-state index is -0.995. The number of benzene rings is 1. The van der Waals surface area contributed by atoms with Crippen LogP contribution in [0.1, 0.15) is 38.9 Å². The summed E-state index contributed by atoms with van der Waals surface area (Å²) < 4.78 is 39.8. The van der Waals surface area contributed by atoms with Crippen LogP contribution in [0, 0.1) is 11.6 Å². The SMILES string of the molecule is COc1c2n(cc(C(=O)NCc3ccc(F)c(Cl)c3F)c1=O)[C@@H]1CCOC[C@H]1N(C)C2=O. The second-order valence-corrected chi connectivity index (χ2v) is 7.97. The molecule has 0 radical (unpaired) electrons. The Hall–Kier alpha value is -2.98. The average Bonchev–Trinajstić information content (AvgIpc) is 2.80. The van der Waals surface area contributed by atoms with Gasteiger partial charge in [0.2, 0.25) is 5.43 Å². The van der Waals surface area contributed by atoms with Crippen molar-refractivity contribution < 1.29 is 27.8 Å². The van der Waals surface area contributed by atoms with Crippen molar-refractivity contribution in [3.8, 4) is 5.75 Å². The zero-order valence-corrected chi connectivity index (χ0v) is 18.0. The van der Waals surface area contributed by atoms with Gasteiger partial charge in [-0.15, -0.1) is 0 Å². The van der Waals surface area contributed by atoms with Crippen LogP contribution in [-0.4, -0.2) is 54.7 Å². The summed E-state index contributed by atoms with van der Waals surface area (Å²) in [6.07, 6.45) is 1.90. The zero-order chi connectivity index (χ0) is 23.2. The summed E-state index contributed by atoms with van der Waals surface area (Å²) in [6, 6.07) is 1.66. The van der Waals surface area contributed by atoms with Gasteiger partial charge in [0, 0.05) is 32.0 Å². The van der Waals surface area contributed by atoms with Gasteiger partial charge in [0.05, 0.1) is 25.8 Å². The van der Waals surface area contributed by atoms with E-state index in [1.165, 1.54) is 18.2 Å². The van der Waals surface area contributed by atoms with Gasteiger partial charge in [-0.1, -0.05) is 17.7 Å². The van der Waals surface area contributed by atoms with Crippen LogP contribution in [0.15, 0.2) is 23.1 Å². The molecule has 1 fully saturated rings. The Morgan fingerprint density at radius 2 is 2.06 bits per heavy atom. The van der Waals surface area contributed by atoms with E-state index in [9.17, 15) is 23.2 Å². The van der Waals surface area contributed by atoms with Gasteiger partial charge >= 0.3 is 0 Å². The first-order valence-electron chi connectivity index (χ1n) is 9.84. The number of hydrogen-bond donors (Lipinski definition) is 1. The third-order valence-corrected chi connectivity index (χ3v) is 6.21. The fourth-order valence-corrected chi connectivity index (χ4v) is 4.31. The van der Waals surface area contributed by atoms with Crippen molar-refractivity contribution in [2.45, 2.75) is 25.0 Å². The van der Waals surface area contributed by atoms with Gasteiger partial charge in [0.1, 0.15) is 22.2 Å². The van der Waals surface area contributed by atoms with Crippen LogP contribution in [0.5, 0.6) is 5.75 Å². The minimum Gasteiger partial charge on any atom is -0.491 e. The molecular weight excluding hydrogens is 448 g/mol. The number of hydrogen-bond acceptors (Lipinski definition) is 5. The average molecular weight is 468 g/mol. The normalized spacial score (nSPS) is 19.9. The summed E-state index contributed by atoms with van der Waals surface area (Å²) in [5.74, 6) is -3.36. The summed E-state index contributed by atoms with van der Waals surface area (Å²) in [6.45, 7) is 0.464. The molecule has 0 saturated carbocycles. The molecule has 2 atom stereocenters. The standard InChI is InChI=1S/C21H20ClF2N3O5/c1-26-14-9-32-6-5-13(14)27-8-11(18(28)19(31-2)17(27)21(26)30)20(29)25-7-10-3-4-12(23)15(22)16(10)24/h3-4,8,13-14H,5-7,9H2,1-2H3,(H,25,29)/t13-,14-/m1/s1. The number of aromatic nitrogens is 1. The Morgan fingerprint density at radius 3 is 2.78 bits per heavy atom. The largest absolute Gasteiger partial charge is 0.491 e. The molecule has 0 unspecified atom stereocenters. The first-order valence-corrected chi connectivity index (χ1v) is 10.2. The molecule has 4 rings (SSSR count). The van der Waals surface area contributed by atoms with Crippen LogP contribution < -0.4 is 15.5 Å². The number of halogens is 3. The molecule has 11 heteroatoms. The minimum absolute atomic E-state index is 0.0453. The number of pyridine rings is 1. The number of amides is 2. The Balaban J connectivity index is 1.71. The highest BCUT2D eigenvalue weighted by atomic mass is 35.5. The Bertz CT molecular complexity index is 1170. The number of carbonyl (C=O) groups excluding carboxylic acids is 2. The summed E-state index contributed by atoms with van der Waals surface area (Å²) in [7, 11) is 2.88. The maximum Gasteiger partial charge on any atom is 0.274 e. The molecule has 0 bridgehead atoms. The highest BCUT2D eigenvalue weighted by molar-refractivity contribution is 6.30. The van der Waals surface area contributed by atoms with Crippen molar-refractivity contribution in [2.75, 3.05) is 27.4 Å². The van der Waals surface area contributed by atoms with E-state index in [0.29, 0.717) is 19.6 Å². The lowest BCUT2D eigenvalue weighted by molar-refractivity contribution is -0.0115. The lowest BCUT2D eigenvalue weighted by atomic mass is 9.96. The molecule has 0 spiro atoms. The van der Waals surface area contributed by atoms with Crippen LogP contribution in [0.25, 0.3) is 0 Å². The van der Waals surface area contributed by atoms with Crippen LogP contribution in [-0.2, 0) is 11.3 Å². The zero-order valence-electron chi connectivity index (χ0n) is 17.3. The molecule has 1 N–H and O–H groups in total. The van der Waals surface area contributed by atoms with Crippen LogP contribution in [0.3, 0.4) is 0 Å². The molecule has 3 heterocycles. The summed E-state index contributed by atoms with van der Waals surface area (Å²) in [4.78, 5) is 40.2. The number of methoxy groups -OCH3 is 1. The third kappa shape index (κ3) is 3.53. The number of nitrogens with zero attached hydrogens (tertiary/aromatic N) is 2. The monoisotopic (exact) mass is 467 g/mol. The molecule has 2 amide bonds. The highest BCUT2D eigenvalue weighted by Crippen LogP contribution is 2.34. The number of likely N-dealkylation sites (N-methyl/N-ethyl adjacent to an activating group) is 1. The Kier molecular flexibility index (Phi) is 5.91. The lowest BCUT2D eigenvalue weighted by Gasteiger charge is -2.44. The number of nitrogens with one attached hydrogen (secondary N) is 1. The van der Waals surface area contributed by atoms with Gasteiger partial charge in [0.15, 0.2) is 11.4 Å². The van der Waals surface area contributed by atoms with E-state index >= 15 is 0 Å². The molecule has 2 aliphatic rings. The molecule has 1 saturated heterocycles. The predicted molar refractivity (Wildman–Crippen MR) is 110 cm³/mol. The molecule has 8 nitrogen and oxygen atoms in total.